The topological polar surface area (TPSA) is 50.9 Å². The first-order chi connectivity index (χ1) is 8.30. The Balaban J connectivity index is 2.37. The molecule has 0 amide bonds. The van der Waals surface area contributed by atoms with Crippen LogP contribution in [0.1, 0.15) is 45.1 Å². The zero-order chi connectivity index (χ0) is 12.5. The minimum Gasteiger partial charge on any atom is -0.271 e. The van der Waals surface area contributed by atoms with E-state index in [2.05, 4.69) is 30.3 Å². The van der Waals surface area contributed by atoms with Crippen LogP contribution in [-0.2, 0) is 6.42 Å². The lowest BCUT2D eigenvalue weighted by Crippen LogP contribution is -2.37. The Morgan fingerprint density at radius 1 is 1.35 bits per heavy atom. The molecule has 96 valence electrons. The van der Waals surface area contributed by atoms with Crippen molar-refractivity contribution >= 4 is 0 Å². The molecule has 3 heteroatoms. The van der Waals surface area contributed by atoms with Gasteiger partial charge >= 0.3 is 0 Å². The first-order valence-corrected chi connectivity index (χ1v) is 6.65. The van der Waals surface area contributed by atoms with Crippen LogP contribution in [0.15, 0.2) is 24.5 Å². The maximum Gasteiger partial charge on any atom is 0.0299 e. The molecule has 0 aliphatic rings. The van der Waals surface area contributed by atoms with E-state index in [0.29, 0.717) is 6.04 Å². The van der Waals surface area contributed by atoms with Crippen LogP contribution < -0.4 is 11.3 Å². The van der Waals surface area contributed by atoms with E-state index in [-0.39, 0.29) is 0 Å². The lowest BCUT2D eigenvalue weighted by Gasteiger charge is -2.21. The smallest absolute Gasteiger partial charge is 0.0299 e. The SMILES string of the molecule is CCC(CC)CC(CCc1cccnc1)NN. The van der Waals surface area contributed by atoms with Crippen LogP contribution in [-0.4, -0.2) is 11.0 Å². The summed E-state index contributed by atoms with van der Waals surface area (Å²) in [4.78, 5) is 4.13. The molecule has 0 aliphatic carbocycles. The number of aromatic nitrogens is 1. The van der Waals surface area contributed by atoms with E-state index in [0.717, 1.165) is 18.8 Å². The summed E-state index contributed by atoms with van der Waals surface area (Å²) in [7, 11) is 0. The molecule has 1 aromatic heterocycles. The fraction of sp³-hybridized carbons (Fsp3) is 0.643. The standard InChI is InChI=1S/C14H25N3/c1-3-12(4-2)10-14(17-15)8-7-13-6-5-9-16-11-13/h5-6,9,11-12,14,17H,3-4,7-8,10,15H2,1-2H3. The third-order valence-electron chi connectivity index (χ3n) is 3.51. The van der Waals surface area contributed by atoms with Gasteiger partial charge in [0, 0.05) is 18.4 Å². The van der Waals surface area contributed by atoms with Crippen LogP contribution in [0.2, 0.25) is 0 Å². The number of nitrogens with two attached hydrogens (primary N) is 1. The largest absolute Gasteiger partial charge is 0.271 e. The van der Waals surface area contributed by atoms with Crippen molar-refractivity contribution in [1.29, 1.82) is 0 Å². The van der Waals surface area contributed by atoms with E-state index in [1.54, 1.807) is 0 Å². The van der Waals surface area contributed by atoms with Crippen LogP contribution in [0.4, 0.5) is 0 Å². The second-order valence-electron chi connectivity index (χ2n) is 4.68. The summed E-state index contributed by atoms with van der Waals surface area (Å²) in [6.07, 6.45) is 9.52. The predicted octanol–water partition coefficient (Wildman–Crippen LogP) is 2.67. The highest BCUT2D eigenvalue weighted by molar-refractivity contribution is 5.08. The van der Waals surface area contributed by atoms with Gasteiger partial charge < -0.3 is 0 Å². The number of nitrogens with one attached hydrogen (secondary N) is 1. The van der Waals surface area contributed by atoms with Gasteiger partial charge in [-0.15, -0.1) is 0 Å². The molecule has 0 fully saturated rings. The highest BCUT2D eigenvalue weighted by Crippen LogP contribution is 2.17. The van der Waals surface area contributed by atoms with Crippen molar-refractivity contribution in [3.8, 4) is 0 Å². The lowest BCUT2D eigenvalue weighted by molar-refractivity contribution is 0.355. The highest BCUT2D eigenvalue weighted by Gasteiger charge is 2.12. The predicted molar refractivity (Wildman–Crippen MR) is 72.4 cm³/mol. The van der Waals surface area contributed by atoms with E-state index in [1.807, 2.05) is 18.5 Å². The highest BCUT2D eigenvalue weighted by atomic mass is 15.2. The summed E-state index contributed by atoms with van der Waals surface area (Å²) in [6, 6.07) is 4.53. The van der Waals surface area contributed by atoms with Gasteiger partial charge in [-0.25, -0.2) is 0 Å². The minimum atomic E-state index is 0.417. The van der Waals surface area contributed by atoms with E-state index < -0.39 is 0 Å². The number of hydrogen-bond donors (Lipinski definition) is 2. The van der Waals surface area contributed by atoms with Gasteiger partial charge in [0.1, 0.15) is 0 Å². The minimum absolute atomic E-state index is 0.417. The Morgan fingerprint density at radius 2 is 2.12 bits per heavy atom. The molecule has 3 N–H and O–H groups in total. The number of pyridine rings is 1. The van der Waals surface area contributed by atoms with E-state index in [9.17, 15) is 0 Å². The molecule has 0 radical (unpaired) electrons. The number of hydrazine groups is 1. The lowest BCUT2D eigenvalue weighted by atomic mass is 9.92. The first-order valence-electron chi connectivity index (χ1n) is 6.65. The molecule has 0 bridgehead atoms. The van der Waals surface area contributed by atoms with Gasteiger partial charge in [0.05, 0.1) is 0 Å². The van der Waals surface area contributed by atoms with Gasteiger partial charge in [0.15, 0.2) is 0 Å². The van der Waals surface area contributed by atoms with Crippen LogP contribution in [0, 0.1) is 5.92 Å². The molecule has 1 aromatic rings. The van der Waals surface area contributed by atoms with Gasteiger partial charge in [0.25, 0.3) is 0 Å². The second-order valence-corrected chi connectivity index (χ2v) is 4.68. The van der Waals surface area contributed by atoms with Crippen molar-refractivity contribution in [2.75, 3.05) is 0 Å². The van der Waals surface area contributed by atoms with Gasteiger partial charge in [0.2, 0.25) is 0 Å². The Morgan fingerprint density at radius 3 is 2.65 bits per heavy atom. The Hall–Kier alpha value is -0.930. The summed E-state index contributed by atoms with van der Waals surface area (Å²) in [5, 5.41) is 0. The average Bonchev–Trinajstić information content (AvgIpc) is 2.40. The fourth-order valence-corrected chi connectivity index (χ4v) is 2.18. The Bertz CT molecular complexity index is 283. The molecule has 1 rings (SSSR count). The molecular formula is C14H25N3. The maximum absolute atomic E-state index is 5.63. The molecule has 17 heavy (non-hydrogen) atoms. The summed E-state index contributed by atoms with van der Waals surface area (Å²) in [5.41, 5.74) is 4.24. The number of rotatable bonds is 8. The Labute approximate surface area is 105 Å². The molecular weight excluding hydrogens is 210 g/mol. The quantitative estimate of drug-likeness (QED) is 0.538. The van der Waals surface area contributed by atoms with Gasteiger partial charge in [-0.2, -0.15) is 0 Å². The molecule has 0 saturated heterocycles. The summed E-state index contributed by atoms with van der Waals surface area (Å²) >= 11 is 0. The van der Waals surface area contributed by atoms with Crippen molar-refractivity contribution in [1.82, 2.24) is 10.4 Å². The molecule has 0 aromatic carbocycles. The molecule has 0 aliphatic heterocycles. The normalized spacial score (nSPS) is 12.9. The average molecular weight is 235 g/mol. The molecule has 0 spiro atoms. The molecule has 3 nitrogen and oxygen atoms in total. The van der Waals surface area contributed by atoms with E-state index in [1.165, 1.54) is 24.8 Å². The zero-order valence-corrected chi connectivity index (χ0v) is 11.0. The molecule has 1 unspecified atom stereocenters. The van der Waals surface area contributed by atoms with Crippen LogP contribution in [0.3, 0.4) is 0 Å². The summed E-state index contributed by atoms with van der Waals surface area (Å²) < 4.78 is 0. The second kappa shape index (κ2) is 8.20. The van der Waals surface area contributed by atoms with Gasteiger partial charge in [-0.1, -0.05) is 32.8 Å². The third-order valence-corrected chi connectivity index (χ3v) is 3.51. The number of hydrogen-bond acceptors (Lipinski definition) is 3. The van der Waals surface area contributed by atoms with Crippen LogP contribution in [0.25, 0.3) is 0 Å². The van der Waals surface area contributed by atoms with Crippen molar-refractivity contribution in [2.24, 2.45) is 11.8 Å². The monoisotopic (exact) mass is 235 g/mol. The van der Waals surface area contributed by atoms with Gasteiger partial charge in [-0.3, -0.25) is 16.3 Å². The molecule has 0 saturated carbocycles. The van der Waals surface area contributed by atoms with Crippen LogP contribution in [0.5, 0.6) is 0 Å². The third kappa shape index (κ3) is 5.29. The van der Waals surface area contributed by atoms with E-state index in [4.69, 9.17) is 5.84 Å². The van der Waals surface area contributed by atoms with E-state index >= 15 is 0 Å². The van der Waals surface area contributed by atoms with Crippen LogP contribution >= 0.6 is 0 Å². The van der Waals surface area contributed by atoms with Crippen molar-refractivity contribution in [3.63, 3.8) is 0 Å². The molecule has 1 atom stereocenters. The van der Waals surface area contributed by atoms with Crippen molar-refractivity contribution < 1.29 is 0 Å². The Kier molecular flexibility index (Phi) is 6.82. The number of aryl methyl sites for hydroxylation is 1. The van der Waals surface area contributed by atoms with Crippen molar-refractivity contribution in [3.05, 3.63) is 30.1 Å². The maximum atomic E-state index is 5.63. The van der Waals surface area contributed by atoms with Gasteiger partial charge in [-0.05, 0) is 36.8 Å². The summed E-state index contributed by atoms with van der Waals surface area (Å²) in [5.74, 6) is 6.41. The summed E-state index contributed by atoms with van der Waals surface area (Å²) in [6.45, 7) is 4.51. The first kappa shape index (κ1) is 14.1. The molecule has 1 heterocycles. The zero-order valence-electron chi connectivity index (χ0n) is 11.0. The van der Waals surface area contributed by atoms with Crippen molar-refractivity contribution in [2.45, 2.75) is 52.0 Å². The number of nitrogens with zero attached hydrogens (tertiary/aromatic N) is 1. The fourth-order valence-electron chi connectivity index (χ4n) is 2.18.